The molecule has 3 aliphatic heterocycles. The molecule has 45 heteroatoms. The van der Waals surface area contributed by atoms with E-state index >= 15 is 0 Å². The molecule has 704 valence electrons. The fraction of sp³-hybridized carbons (Fsp3) is 0.553. The van der Waals surface area contributed by atoms with Crippen LogP contribution in [-0.2, 0) is 70.1 Å². The van der Waals surface area contributed by atoms with E-state index in [1.807, 2.05) is 0 Å². The molecule has 130 heavy (non-hydrogen) atoms. The van der Waals surface area contributed by atoms with E-state index in [1.54, 1.807) is 87.6 Å². The molecule has 3 saturated carbocycles. The number of nitrogens with zero attached hydrogens (tertiary/aromatic N) is 14. The molecule has 0 amide bonds. The van der Waals surface area contributed by atoms with Crippen LogP contribution in [0.1, 0.15) is 181 Å². The highest BCUT2D eigenvalue weighted by Crippen LogP contribution is 2.53. The highest BCUT2D eigenvalue weighted by atomic mass is 31.2. The first-order chi connectivity index (χ1) is 61.9. The van der Waals surface area contributed by atoms with Gasteiger partial charge in [-0.1, -0.05) is 32.8 Å². The minimum Gasteiger partial charge on any atom is -0.497 e. The lowest BCUT2D eigenvalue weighted by Crippen LogP contribution is -2.41. The van der Waals surface area contributed by atoms with Gasteiger partial charge in [-0.3, -0.25) is 51.6 Å². The second kappa shape index (κ2) is 43.4. The fourth-order valence-corrected chi connectivity index (χ4v) is 21.3. The number of rotatable bonds is 31. The number of benzene rings is 2. The number of aliphatic hydroxyl groups excluding tert-OH is 6. The lowest BCUT2D eigenvalue weighted by molar-refractivity contribution is -0.153. The zero-order valence-corrected chi connectivity index (χ0v) is 75.5. The van der Waals surface area contributed by atoms with Crippen molar-refractivity contribution in [1.82, 2.24) is 83.8 Å². The van der Waals surface area contributed by atoms with Gasteiger partial charge in [0, 0.05) is 17.8 Å². The van der Waals surface area contributed by atoms with Crippen LogP contribution >= 0.6 is 23.2 Å². The zero-order valence-electron chi connectivity index (χ0n) is 72.8. The Labute approximate surface area is 749 Å². The van der Waals surface area contributed by atoms with Gasteiger partial charge in [0.1, 0.15) is 150 Å². The van der Waals surface area contributed by atoms with Crippen molar-refractivity contribution in [2.75, 3.05) is 7.11 Å². The molecule has 10 aromatic rings. The average Bonchev–Trinajstić information content (AvgIpc) is 1.62. The lowest BCUT2D eigenvalue weighted by Gasteiger charge is -2.29. The number of aromatic nitrogens is 14. The van der Waals surface area contributed by atoms with Crippen LogP contribution in [0.4, 0.5) is 0 Å². The third-order valence-electron chi connectivity index (χ3n) is 23.2. The summed E-state index contributed by atoms with van der Waals surface area (Å²) in [4.78, 5) is 85.2. The molecule has 11 heterocycles. The third kappa shape index (κ3) is 23.1. The Morgan fingerprint density at radius 1 is 0.415 bits per heavy atom. The number of esters is 3. The normalized spacial score (nSPS) is 25.5. The van der Waals surface area contributed by atoms with Gasteiger partial charge < -0.3 is 77.4 Å². The summed E-state index contributed by atoms with van der Waals surface area (Å²) in [5.74, 6) is -0.667. The third-order valence-corrected chi connectivity index (χ3v) is 28.4. The smallest absolute Gasteiger partial charge is 0.459 e. The lowest BCUT2D eigenvalue weighted by atomic mass is 9.98. The predicted octanol–water partition coefficient (Wildman–Crippen LogP) is 10.2. The number of aliphatic hydroxyl groups is 6. The number of carbonyl (C=O) groups excluding carboxylic acids is 3. The van der Waals surface area contributed by atoms with E-state index in [1.165, 1.54) is 119 Å². The Bertz CT molecular complexity index is 5610. The molecule has 15 unspecified atom stereocenters. The number of methoxy groups -OCH3 is 1. The van der Waals surface area contributed by atoms with E-state index in [4.69, 9.17) is 60.3 Å². The molecular weight excluding hydrogens is 1750 g/mol. The molecule has 2 aromatic carbocycles. The molecule has 16 rings (SSSR count). The second-order valence-corrected chi connectivity index (χ2v) is 37.7. The first-order valence-corrected chi connectivity index (χ1v) is 47.7. The maximum atomic E-state index is 14.5. The van der Waals surface area contributed by atoms with Crippen molar-refractivity contribution < 1.29 is 119 Å². The molecule has 0 radical (unpaired) electrons. The van der Waals surface area contributed by atoms with Crippen LogP contribution in [0.3, 0.4) is 0 Å². The second-order valence-electron chi connectivity index (χ2n) is 32.8. The van der Waals surface area contributed by atoms with Gasteiger partial charge in [-0.05, 0) is 200 Å². The van der Waals surface area contributed by atoms with E-state index in [-0.39, 0.29) is 43.0 Å². The minimum absolute atomic E-state index is 0. The number of nitrogens with one attached hydrogen (secondary N) is 3. The highest BCUT2D eigenvalue weighted by molar-refractivity contribution is 7.52. The van der Waals surface area contributed by atoms with Crippen LogP contribution in [0.15, 0.2) is 123 Å². The molecule has 3 saturated heterocycles. The van der Waals surface area contributed by atoms with Crippen LogP contribution in [-0.4, -0.2) is 234 Å². The number of aryl methyl sites for hydroxylation is 3. The van der Waals surface area contributed by atoms with Crippen molar-refractivity contribution >= 4 is 85.5 Å². The zero-order chi connectivity index (χ0) is 91.6. The van der Waals surface area contributed by atoms with E-state index in [0.29, 0.717) is 67.2 Å². The maximum absolute atomic E-state index is 14.5. The van der Waals surface area contributed by atoms with Crippen LogP contribution in [0.25, 0.3) is 44.4 Å². The van der Waals surface area contributed by atoms with Crippen molar-refractivity contribution in [2.45, 2.75) is 294 Å². The summed E-state index contributed by atoms with van der Waals surface area (Å²) in [5, 5.41) is 74.4. The number of hydrogen-bond acceptors (Lipinski definition) is 36. The summed E-state index contributed by atoms with van der Waals surface area (Å²) in [6.45, 7) is 14.5. The molecule has 0 bridgehead atoms. The Morgan fingerprint density at radius 3 is 1.13 bits per heavy atom. The van der Waals surface area contributed by atoms with Crippen LogP contribution < -0.4 is 33.6 Å². The van der Waals surface area contributed by atoms with Crippen molar-refractivity contribution in [3.8, 4) is 23.0 Å². The van der Waals surface area contributed by atoms with E-state index in [0.717, 1.165) is 96.3 Å². The SMILES string of the molecule is C.COc1ccc(OP(=O)(NC(C)C(=O)OC2CCCCC2)OC(C)C2OC(n3cnc4c(C)ncnc43)[C@H](O)[C@@H]2O)cc1.Cc1ncnc2c1ncn2C1OC(C(C)OP(=O)(NC(C)C(=O)OC2CCCCC2)Oc2cccc3ncccc23)[C@@H](O)[C@H]1O.Cc1ncnc2c1ncn2C1OC(C(C)OP(=O)(NC(C)C(=O)OC2CCCCC2)Oc2cccnc2)[C@@H](O)[C@H]1O. The van der Waals surface area contributed by atoms with Gasteiger partial charge in [0.25, 0.3) is 0 Å². The largest absolute Gasteiger partial charge is 0.497 e. The number of pyridine rings is 2. The van der Waals surface area contributed by atoms with Gasteiger partial charge in [0.05, 0.1) is 73.2 Å². The van der Waals surface area contributed by atoms with Gasteiger partial charge in [-0.2, -0.15) is 15.3 Å². The first-order valence-electron chi connectivity index (χ1n) is 43.1. The Kier molecular flexibility index (Phi) is 32.6. The number of hydrogen-bond donors (Lipinski definition) is 9. The monoisotopic (exact) mass is 1870 g/mol. The first kappa shape index (κ1) is 97.9. The highest BCUT2D eigenvalue weighted by Gasteiger charge is 2.53. The standard InChI is InChI=1S/C30H37N6O8P.C28H38N5O9P.C26H35N6O8P.CH4/c1-17-24-28(33-15-32-17)36(16-34-24)29-26(38)25(37)27(42-29)19(3)43-45(40,35-18(2)30(39)41-20-9-5-4-6-10-20)44-23-13-7-12-22-21(23)11-8-14-31-22;1-16-22-26(30-14-29-16)33(15-31-22)27-24(35)23(34)25(40-27)18(3)41-43(37,42-21-12-10-19(38-4)11-13-21)32-17(2)28(36)39-20-8-6-5-7-9-20;1-15-20-24(29-13-28-15)32(14-30-20)25-22(34)21(33)23(38-25)17(3)39-41(36,40-19-10-7-11-27-12-19)31-16(2)26(35)37-18-8-5-4-6-9-18;/h7-8,11-16,18-20,25-27,29,37-38H,4-6,9-10H2,1-3H3,(H,35,40);10-15,17-18,20,23-25,27,34-35H,5-9H2,1-4H3,(H,32,37);7,10-14,16-18,21-23,25,33-34H,4-6,8-9H2,1-3H3,(H,31,36);1H4/t18?,19?,25-,26+,27?,29?,45?;17?,18?,23-,24+,25?,27?,43?;16?,17?,21-,22+,23?,25?,41?;/m000./s1. The number of carbonyl (C=O) groups is 3. The molecule has 8 aromatic heterocycles. The summed E-state index contributed by atoms with van der Waals surface area (Å²) in [6, 6.07) is 14.9. The van der Waals surface area contributed by atoms with Gasteiger partial charge >= 0.3 is 41.1 Å². The van der Waals surface area contributed by atoms with Gasteiger partial charge in [-0.15, -0.1) is 0 Å². The molecule has 9 N–H and O–H groups in total. The summed E-state index contributed by atoms with van der Waals surface area (Å²) in [6.07, 6.45) is 7.96. The van der Waals surface area contributed by atoms with Crippen LogP contribution in [0.5, 0.6) is 23.0 Å². The van der Waals surface area contributed by atoms with Crippen molar-refractivity contribution in [3.63, 3.8) is 0 Å². The van der Waals surface area contributed by atoms with E-state index in [9.17, 15) is 58.7 Å². The molecular formula is C85H114N17O25P3. The van der Waals surface area contributed by atoms with Gasteiger partial charge in [0.15, 0.2) is 35.6 Å². The molecule has 3 aliphatic carbocycles. The summed E-state index contributed by atoms with van der Waals surface area (Å²) in [5.41, 5.74) is 5.35. The van der Waals surface area contributed by atoms with Crippen molar-refractivity contribution in [3.05, 3.63) is 140 Å². The average molecular weight is 1870 g/mol. The Morgan fingerprint density at radius 2 is 0.769 bits per heavy atom. The minimum atomic E-state index is -4.38. The van der Waals surface area contributed by atoms with Gasteiger partial charge in [0.2, 0.25) is 0 Å². The van der Waals surface area contributed by atoms with E-state index in [2.05, 4.69) is 70.1 Å². The van der Waals surface area contributed by atoms with Gasteiger partial charge in [-0.25, -0.2) is 58.6 Å². The maximum Gasteiger partial charge on any atom is 0.459 e. The molecule has 0 spiro atoms. The topological polar surface area (TPSA) is 536 Å². The van der Waals surface area contributed by atoms with E-state index < -0.39 is 151 Å². The number of imidazole rings is 3. The predicted molar refractivity (Wildman–Crippen MR) is 467 cm³/mol. The van der Waals surface area contributed by atoms with Crippen molar-refractivity contribution in [1.29, 1.82) is 0 Å². The Balaban J connectivity index is 0.000000166. The summed E-state index contributed by atoms with van der Waals surface area (Å²) in [7, 11) is -11.5. The van der Waals surface area contributed by atoms with Crippen LogP contribution in [0, 0.1) is 20.8 Å². The molecule has 42 nitrogen and oxygen atoms in total. The molecule has 21 atom stereocenters. The number of fused-ring (bicyclic) bond motifs is 4. The van der Waals surface area contributed by atoms with Crippen LogP contribution in [0.2, 0.25) is 0 Å². The summed E-state index contributed by atoms with van der Waals surface area (Å²) < 4.78 is 123. The Hall–Kier alpha value is -9.65. The molecule has 6 aliphatic rings. The fourth-order valence-electron chi connectivity index (χ4n) is 16.3. The summed E-state index contributed by atoms with van der Waals surface area (Å²) >= 11 is 0. The quantitative estimate of drug-likeness (QED) is 0.0111. The van der Waals surface area contributed by atoms with Crippen molar-refractivity contribution in [2.24, 2.45) is 0 Å². The molecule has 6 fully saturated rings. The number of ether oxygens (including phenoxy) is 7.